The number of nitrogens with zero attached hydrogens (tertiary/aromatic N) is 1. The number of ether oxygens (including phenoxy) is 1. The van der Waals surface area contributed by atoms with Crippen LogP contribution in [0.15, 0.2) is 18.2 Å². The fraction of sp³-hybridized carbons (Fsp3) is 0.462. The quantitative estimate of drug-likeness (QED) is 0.769. The van der Waals surface area contributed by atoms with E-state index in [2.05, 4.69) is 4.90 Å². The Morgan fingerprint density at radius 1 is 1.22 bits per heavy atom. The van der Waals surface area contributed by atoms with Crippen molar-refractivity contribution in [2.75, 3.05) is 32.8 Å². The molecular weight excluding hydrogens is 240 g/mol. The standard InChI is InChI=1S/C13H15F2NO2/c14-11-2-1-10(9-12(11)15)13(17)3-4-16-5-7-18-8-6-16/h1-2,9H,3-8H2. The Kier molecular flexibility index (Phi) is 4.38. The third kappa shape index (κ3) is 3.34. The predicted molar refractivity (Wildman–Crippen MR) is 62.6 cm³/mol. The smallest absolute Gasteiger partial charge is 0.164 e. The van der Waals surface area contributed by atoms with Gasteiger partial charge in [0.25, 0.3) is 0 Å². The molecule has 1 fully saturated rings. The van der Waals surface area contributed by atoms with Crippen molar-refractivity contribution in [3.05, 3.63) is 35.4 Å². The number of rotatable bonds is 4. The molecule has 0 bridgehead atoms. The normalized spacial score (nSPS) is 16.8. The number of carbonyl (C=O) groups excluding carboxylic acids is 1. The summed E-state index contributed by atoms with van der Waals surface area (Å²) >= 11 is 0. The van der Waals surface area contributed by atoms with Gasteiger partial charge in [-0.15, -0.1) is 0 Å². The Bertz CT molecular complexity index is 431. The average molecular weight is 255 g/mol. The van der Waals surface area contributed by atoms with Crippen molar-refractivity contribution < 1.29 is 18.3 Å². The van der Waals surface area contributed by atoms with Gasteiger partial charge in [0, 0.05) is 31.6 Å². The number of ketones is 1. The first-order valence-corrected chi connectivity index (χ1v) is 5.95. The second-order valence-electron chi connectivity index (χ2n) is 4.26. The number of halogens is 2. The van der Waals surface area contributed by atoms with Crippen LogP contribution in [0.25, 0.3) is 0 Å². The molecule has 3 nitrogen and oxygen atoms in total. The molecule has 1 aliphatic rings. The van der Waals surface area contributed by atoms with Crippen molar-refractivity contribution in [2.45, 2.75) is 6.42 Å². The molecule has 0 saturated carbocycles. The largest absolute Gasteiger partial charge is 0.379 e. The van der Waals surface area contributed by atoms with E-state index in [0.717, 1.165) is 25.2 Å². The third-order valence-corrected chi connectivity index (χ3v) is 3.00. The van der Waals surface area contributed by atoms with Gasteiger partial charge in [-0.1, -0.05) is 0 Å². The lowest BCUT2D eigenvalue weighted by Crippen LogP contribution is -2.37. The summed E-state index contributed by atoms with van der Waals surface area (Å²) in [7, 11) is 0. The van der Waals surface area contributed by atoms with Crippen molar-refractivity contribution in [1.82, 2.24) is 4.90 Å². The molecule has 2 rings (SSSR count). The molecule has 5 heteroatoms. The number of morpholine rings is 1. The highest BCUT2D eigenvalue weighted by Crippen LogP contribution is 2.11. The van der Waals surface area contributed by atoms with Crippen LogP contribution >= 0.6 is 0 Å². The second kappa shape index (κ2) is 6.02. The number of hydrogen-bond acceptors (Lipinski definition) is 3. The van der Waals surface area contributed by atoms with Gasteiger partial charge in [-0.2, -0.15) is 0 Å². The minimum absolute atomic E-state index is 0.166. The van der Waals surface area contributed by atoms with Gasteiger partial charge in [-0.25, -0.2) is 8.78 Å². The molecule has 1 aromatic carbocycles. The molecule has 1 saturated heterocycles. The molecule has 0 radical (unpaired) electrons. The average Bonchev–Trinajstić information content (AvgIpc) is 2.40. The molecular formula is C13H15F2NO2. The summed E-state index contributed by atoms with van der Waals surface area (Å²) in [6, 6.07) is 3.26. The second-order valence-corrected chi connectivity index (χ2v) is 4.26. The summed E-state index contributed by atoms with van der Waals surface area (Å²) in [4.78, 5) is 13.9. The molecule has 0 unspecified atom stereocenters. The zero-order valence-electron chi connectivity index (χ0n) is 9.99. The number of carbonyl (C=O) groups is 1. The molecule has 0 aliphatic carbocycles. The topological polar surface area (TPSA) is 29.5 Å². The van der Waals surface area contributed by atoms with Crippen molar-refractivity contribution in [1.29, 1.82) is 0 Å². The van der Waals surface area contributed by atoms with E-state index in [1.165, 1.54) is 6.07 Å². The summed E-state index contributed by atoms with van der Waals surface area (Å²) in [5.41, 5.74) is 0.224. The summed E-state index contributed by atoms with van der Waals surface area (Å²) in [5.74, 6) is -2.08. The molecule has 0 atom stereocenters. The summed E-state index contributed by atoms with van der Waals surface area (Å²) in [6.45, 7) is 3.61. The van der Waals surface area contributed by atoms with Gasteiger partial charge >= 0.3 is 0 Å². The van der Waals surface area contributed by atoms with Crippen LogP contribution in [0.3, 0.4) is 0 Å². The number of Topliss-reactive ketones (excluding diaryl/α,β-unsaturated/α-hetero) is 1. The van der Waals surface area contributed by atoms with Gasteiger partial charge in [0.1, 0.15) is 0 Å². The lowest BCUT2D eigenvalue weighted by molar-refractivity contribution is 0.0370. The van der Waals surface area contributed by atoms with Gasteiger partial charge in [0.05, 0.1) is 13.2 Å². The Labute approximate surface area is 104 Å². The maximum atomic E-state index is 13.0. The molecule has 98 valence electrons. The van der Waals surface area contributed by atoms with Crippen LogP contribution < -0.4 is 0 Å². The number of benzene rings is 1. The fourth-order valence-corrected chi connectivity index (χ4v) is 1.90. The first kappa shape index (κ1) is 13.1. The van der Waals surface area contributed by atoms with Crippen LogP contribution in [0, 0.1) is 11.6 Å². The highest BCUT2D eigenvalue weighted by atomic mass is 19.2. The van der Waals surface area contributed by atoms with Gasteiger partial charge < -0.3 is 4.74 Å². The lowest BCUT2D eigenvalue weighted by Gasteiger charge is -2.26. The highest BCUT2D eigenvalue weighted by Gasteiger charge is 2.14. The van der Waals surface area contributed by atoms with E-state index < -0.39 is 11.6 Å². The molecule has 0 spiro atoms. The van der Waals surface area contributed by atoms with E-state index in [0.29, 0.717) is 26.2 Å². The van der Waals surface area contributed by atoms with Crippen molar-refractivity contribution in [3.8, 4) is 0 Å². The van der Waals surface area contributed by atoms with E-state index in [-0.39, 0.29) is 11.3 Å². The van der Waals surface area contributed by atoms with Crippen LogP contribution in [0.2, 0.25) is 0 Å². The van der Waals surface area contributed by atoms with E-state index in [9.17, 15) is 13.6 Å². The monoisotopic (exact) mass is 255 g/mol. The zero-order valence-corrected chi connectivity index (χ0v) is 9.99. The maximum Gasteiger partial charge on any atom is 0.164 e. The van der Waals surface area contributed by atoms with Gasteiger partial charge in [-0.05, 0) is 18.2 Å². The van der Waals surface area contributed by atoms with E-state index in [1.807, 2.05) is 0 Å². The van der Waals surface area contributed by atoms with Gasteiger partial charge in [0.15, 0.2) is 17.4 Å². The summed E-state index contributed by atoms with van der Waals surface area (Å²) < 4.78 is 30.9. The molecule has 1 aliphatic heterocycles. The van der Waals surface area contributed by atoms with E-state index >= 15 is 0 Å². The SMILES string of the molecule is O=C(CCN1CCOCC1)c1ccc(F)c(F)c1. The van der Waals surface area contributed by atoms with Crippen LogP contribution in [-0.2, 0) is 4.74 Å². The van der Waals surface area contributed by atoms with Crippen LogP contribution in [0.4, 0.5) is 8.78 Å². The van der Waals surface area contributed by atoms with Crippen molar-refractivity contribution >= 4 is 5.78 Å². The Balaban J connectivity index is 1.88. The predicted octanol–water partition coefficient (Wildman–Crippen LogP) is 1.87. The Morgan fingerprint density at radius 3 is 2.61 bits per heavy atom. The molecule has 1 heterocycles. The minimum atomic E-state index is -0.979. The van der Waals surface area contributed by atoms with Crippen LogP contribution in [-0.4, -0.2) is 43.5 Å². The summed E-state index contributed by atoms with van der Waals surface area (Å²) in [5, 5.41) is 0. The molecule has 0 amide bonds. The minimum Gasteiger partial charge on any atom is -0.379 e. The lowest BCUT2D eigenvalue weighted by atomic mass is 10.1. The maximum absolute atomic E-state index is 13.0. The van der Waals surface area contributed by atoms with Crippen molar-refractivity contribution in [2.24, 2.45) is 0 Å². The van der Waals surface area contributed by atoms with E-state index in [1.54, 1.807) is 0 Å². The molecule has 0 N–H and O–H groups in total. The highest BCUT2D eigenvalue weighted by molar-refractivity contribution is 5.96. The third-order valence-electron chi connectivity index (χ3n) is 3.00. The van der Waals surface area contributed by atoms with Gasteiger partial charge in [0.2, 0.25) is 0 Å². The first-order chi connectivity index (χ1) is 8.66. The summed E-state index contributed by atoms with van der Waals surface area (Å²) in [6.07, 6.45) is 0.311. The van der Waals surface area contributed by atoms with E-state index in [4.69, 9.17) is 4.74 Å². The van der Waals surface area contributed by atoms with Crippen LogP contribution in [0.5, 0.6) is 0 Å². The van der Waals surface area contributed by atoms with Crippen molar-refractivity contribution in [3.63, 3.8) is 0 Å². The molecule has 18 heavy (non-hydrogen) atoms. The zero-order chi connectivity index (χ0) is 13.0. The van der Waals surface area contributed by atoms with Gasteiger partial charge in [-0.3, -0.25) is 9.69 Å². The Morgan fingerprint density at radius 2 is 1.94 bits per heavy atom. The molecule has 0 aromatic heterocycles. The fourth-order valence-electron chi connectivity index (χ4n) is 1.90. The number of hydrogen-bond donors (Lipinski definition) is 0. The van der Waals surface area contributed by atoms with Crippen LogP contribution in [0.1, 0.15) is 16.8 Å². The Hall–Kier alpha value is -1.33. The first-order valence-electron chi connectivity index (χ1n) is 5.95. The molecule has 1 aromatic rings.